The number of para-hydroxylation sites is 2. The Morgan fingerprint density at radius 3 is 1.96 bits per heavy atom. The highest BCUT2D eigenvalue weighted by Gasteiger charge is 2.22. The molecule has 1 aliphatic carbocycles. The van der Waals surface area contributed by atoms with E-state index in [1.165, 1.54) is 71.3 Å². The number of benzene rings is 6. The fourth-order valence-corrected chi connectivity index (χ4v) is 7.46. The van der Waals surface area contributed by atoms with Crippen molar-refractivity contribution >= 4 is 54.5 Å². The van der Waals surface area contributed by atoms with Crippen LogP contribution in [0.3, 0.4) is 0 Å². The number of fused-ring (bicyclic) bond motifs is 5. The number of hydrogen-bond acceptors (Lipinski definition) is 1. The summed E-state index contributed by atoms with van der Waals surface area (Å²) in [5.74, 6) is 0. The first kappa shape index (κ1) is 25.5. The van der Waals surface area contributed by atoms with Gasteiger partial charge in [0.25, 0.3) is 0 Å². The molecule has 9 rings (SSSR count). The molecule has 0 aliphatic heterocycles. The van der Waals surface area contributed by atoms with Gasteiger partial charge in [0.05, 0.1) is 11.0 Å². The molecule has 0 saturated heterocycles. The largest absolute Gasteiger partial charge is 0.309 e. The molecule has 0 saturated carbocycles. The molecule has 2 nitrogen and oxygen atoms in total. The van der Waals surface area contributed by atoms with Crippen LogP contribution in [-0.4, -0.2) is 9.55 Å². The lowest BCUT2D eigenvalue weighted by atomic mass is 9.91. The Morgan fingerprint density at radius 2 is 1.18 bits per heavy atom. The van der Waals surface area contributed by atoms with E-state index >= 15 is 0 Å². The van der Waals surface area contributed by atoms with Gasteiger partial charge in [-0.15, -0.1) is 0 Å². The third-order valence-electron chi connectivity index (χ3n) is 9.41. The van der Waals surface area contributed by atoms with Gasteiger partial charge in [0.1, 0.15) is 0 Å². The average molecular weight is 573 g/mol. The fourth-order valence-electron chi connectivity index (χ4n) is 7.46. The van der Waals surface area contributed by atoms with Crippen molar-refractivity contribution < 1.29 is 0 Å². The van der Waals surface area contributed by atoms with Crippen LogP contribution < -0.4 is 0 Å². The topological polar surface area (TPSA) is 17.8 Å². The van der Waals surface area contributed by atoms with E-state index in [9.17, 15) is 0 Å². The smallest absolute Gasteiger partial charge is 0.0621 e. The van der Waals surface area contributed by atoms with Gasteiger partial charge in [-0.05, 0) is 85.6 Å². The molecular formula is C43H28N2. The molecule has 8 aromatic rings. The van der Waals surface area contributed by atoms with Crippen molar-refractivity contribution in [3.63, 3.8) is 0 Å². The number of nitrogens with zero attached hydrogens (tertiary/aromatic N) is 2. The third kappa shape index (κ3) is 3.60. The molecule has 6 aromatic carbocycles. The second-order valence-corrected chi connectivity index (χ2v) is 11.6. The Balaban J connectivity index is 1.24. The van der Waals surface area contributed by atoms with E-state index in [1.54, 1.807) is 0 Å². The van der Waals surface area contributed by atoms with Crippen molar-refractivity contribution in [3.8, 4) is 27.9 Å². The van der Waals surface area contributed by atoms with Crippen LogP contribution >= 0.6 is 0 Å². The molecule has 0 N–H and O–H groups in total. The molecule has 0 amide bonds. The summed E-state index contributed by atoms with van der Waals surface area (Å²) >= 11 is 0. The number of aromatic nitrogens is 2. The normalized spacial score (nSPS) is 12.5. The van der Waals surface area contributed by atoms with Gasteiger partial charge < -0.3 is 4.57 Å². The maximum Gasteiger partial charge on any atom is 0.0621 e. The Bertz CT molecular complexity index is 2520. The molecule has 0 bridgehead atoms. The molecule has 0 fully saturated rings. The quantitative estimate of drug-likeness (QED) is 0.201. The van der Waals surface area contributed by atoms with E-state index in [1.807, 2.05) is 24.5 Å². The third-order valence-corrected chi connectivity index (χ3v) is 9.41. The van der Waals surface area contributed by atoms with Crippen molar-refractivity contribution in [2.45, 2.75) is 0 Å². The first-order chi connectivity index (χ1) is 22.3. The minimum absolute atomic E-state index is 1.14. The van der Waals surface area contributed by atoms with Crippen LogP contribution in [0.4, 0.5) is 0 Å². The molecule has 0 unspecified atom stereocenters. The minimum Gasteiger partial charge on any atom is -0.309 e. The van der Waals surface area contributed by atoms with Crippen molar-refractivity contribution in [1.82, 2.24) is 9.55 Å². The molecule has 0 radical (unpaired) electrons. The molecule has 210 valence electrons. The summed E-state index contributed by atoms with van der Waals surface area (Å²) in [5.41, 5.74) is 13.1. The number of allylic oxidation sites excluding steroid dienone is 4. The van der Waals surface area contributed by atoms with Gasteiger partial charge in [-0.2, -0.15) is 0 Å². The Morgan fingerprint density at radius 1 is 0.511 bits per heavy atom. The second kappa shape index (κ2) is 9.77. The predicted octanol–water partition coefficient (Wildman–Crippen LogP) is 11.4. The van der Waals surface area contributed by atoms with E-state index in [0.717, 1.165) is 22.2 Å². The molecule has 0 spiro atoms. The maximum atomic E-state index is 4.58. The molecule has 2 aromatic heterocycles. The van der Waals surface area contributed by atoms with Gasteiger partial charge in [-0.25, -0.2) is 0 Å². The molecular weight excluding hydrogens is 544 g/mol. The van der Waals surface area contributed by atoms with Gasteiger partial charge in [0.2, 0.25) is 0 Å². The lowest BCUT2D eigenvalue weighted by molar-refractivity contribution is 1.19. The highest BCUT2D eigenvalue weighted by Crippen LogP contribution is 2.46. The number of hydrogen-bond donors (Lipinski definition) is 0. The highest BCUT2D eigenvalue weighted by atomic mass is 15.0. The first-order valence-corrected chi connectivity index (χ1v) is 15.3. The Labute approximate surface area is 261 Å². The summed E-state index contributed by atoms with van der Waals surface area (Å²) in [6.07, 6.45) is 7.82. The van der Waals surface area contributed by atoms with Gasteiger partial charge in [0, 0.05) is 39.6 Å². The van der Waals surface area contributed by atoms with Crippen LogP contribution in [0.5, 0.6) is 0 Å². The summed E-state index contributed by atoms with van der Waals surface area (Å²) in [4.78, 5) is 4.58. The maximum absolute atomic E-state index is 4.58. The van der Waals surface area contributed by atoms with Gasteiger partial charge >= 0.3 is 0 Å². The summed E-state index contributed by atoms with van der Waals surface area (Å²) in [5, 5.41) is 7.34. The fraction of sp³-hybridized carbons (Fsp3) is 0. The molecule has 0 atom stereocenters. The molecule has 2 heteroatoms. The molecule has 2 heterocycles. The Hall–Kier alpha value is -5.99. The van der Waals surface area contributed by atoms with Crippen LogP contribution in [0.2, 0.25) is 0 Å². The first-order valence-electron chi connectivity index (χ1n) is 15.3. The summed E-state index contributed by atoms with van der Waals surface area (Å²) in [6, 6.07) is 43.9. The lowest BCUT2D eigenvalue weighted by Gasteiger charge is -2.14. The number of rotatable bonds is 5. The zero-order chi connectivity index (χ0) is 30.1. The van der Waals surface area contributed by atoms with Crippen LogP contribution in [-0.2, 0) is 0 Å². The second-order valence-electron chi connectivity index (χ2n) is 11.6. The average Bonchev–Trinajstić information content (AvgIpc) is 3.62. The molecule has 1 aliphatic rings. The van der Waals surface area contributed by atoms with E-state index in [0.29, 0.717) is 0 Å². The minimum atomic E-state index is 1.14. The lowest BCUT2D eigenvalue weighted by Crippen LogP contribution is -1.94. The van der Waals surface area contributed by atoms with E-state index in [-0.39, 0.29) is 0 Å². The summed E-state index contributed by atoms with van der Waals surface area (Å²) in [7, 11) is 0. The van der Waals surface area contributed by atoms with Gasteiger partial charge in [-0.1, -0.05) is 116 Å². The standard InChI is InChI=1S/C43H28N2/c1-3-30-31(4-2)36-22-21-32(35-15-10-14-34(30)42(35)36)27-17-19-28(20-18-27)38-25-39-33-13-8-9-16-41(33)45(29-11-6-5-7-12-29)43(39)37-23-24-44-26-40(37)38/h3-26H,1-2H2. The van der Waals surface area contributed by atoms with Crippen LogP contribution in [0.15, 0.2) is 159 Å². The van der Waals surface area contributed by atoms with Crippen LogP contribution in [0, 0.1) is 0 Å². The zero-order valence-electron chi connectivity index (χ0n) is 24.7. The summed E-state index contributed by atoms with van der Waals surface area (Å²) < 4.78 is 2.39. The van der Waals surface area contributed by atoms with Gasteiger partial charge in [0.15, 0.2) is 0 Å². The van der Waals surface area contributed by atoms with Crippen molar-refractivity contribution in [2.24, 2.45) is 0 Å². The van der Waals surface area contributed by atoms with Gasteiger partial charge in [-0.3, -0.25) is 4.98 Å². The number of pyridine rings is 1. The Kier molecular flexibility index (Phi) is 5.54. The van der Waals surface area contributed by atoms with E-state index in [4.69, 9.17) is 0 Å². The van der Waals surface area contributed by atoms with E-state index < -0.39 is 0 Å². The highest BCUT2D eigenvalue weighted by molar-refractivity contribution is 6.22. The van der Waals surface area contributed by atoms with E-state index in [2.05, 4.69) is 144 Å². The van der Waals surface area contributed by atoms with Crippen LogP contribution in [0.1, 0.15) is 11.1 Å². The molecule has 45 heavy (non-hydrogen) atoms. The van der Waals surface area contributed by atoms with Crippen molar-refractivity contribution in [3.05, 3.63) is 170 Å². The summed E-state index contributed by atoms with van der Waals surface area (Å²) in [6.45, 7) is 8.18. The van der Waals surface area contributed by atoms with Crippen molar-refractivity contribution in [2.75, 3.05) is 0 Å². The zero-order valence-corrected chi connectivity index (χ0v) is 24.7. The van der Waals surface area contributed by atoms with Crippen molar-refractivity contribution in [1.29, 1.82) is 0 Å². The predicted molar refractivity (Wildman–Crippen MR) is 192 cm³/mol. The van der Waals surface area contributed by atoms with Crippen LogP contribution in [0.25, 0.3) is 82.4 Å². The SMILES string of the molecule is C=CC1=C(C=C)c2ccc(-c3ccc(-c4cc5c6ccccc6n(-c6ccccc6)c5c5ccncc45)cc3)c3cccc1c23. The monoisotopic (exact) mass is 572 g/mol.